The number of hydrogen-bond acceptors (Lipinski definition) is 6. The average molecular weight is 360 g/mol. The molecular weight excluding hydrogens is 336 g/mol. The third-order valence-corrected chi connectivity index (χ3v) is 6.27. The molecule has 4 rings (SSSR count). The van der Waals surface area contributed by atoms with Crippen molar-refractivity contribution < 1.29 is 4.79 Å². The van der Waals surface area contributed by atoms with E-state index in [-0.39, 0.29) is 5.91 Å². The Morgan fingerprint density at radius 1 is 1.24 bits per heavy atom. The van der Waals surface area contributed by atoms with Crippen LogP contribution in [-0.4, -0.2) is 69.7 Å². The lowest BCUT2D eigenvalue weighted by atomic mass is 10.2. The first-order valence-electron chi connectivity index (χ1n) is 8.89. The highest BCUT2D eigenvalue weighted by Crippen LogP contribution is 2.31. The van der Waals surface area contributed by atoms with Crippen LogP contribution >= 0.6 is 11.3 Å². The molecule has 0 spiro atoms. The van der Waals surface area contributed by atoms with Crippen LogP contribution in [0.25, 0.3) is 0 Å². The van der Waals surface area contributed by atoms with E-state index in [1.165, 1.54) is 10.6 Å². The second kappa shape index (κ2) is 6.76. The molecule has 4 heterocycles. The van der Waals surface area contributed by atoms with Crippen LogP contribution < -0.4 is 4.90 Å². The molecule has 1 amide bonds. The van der Waals surface area contributed by atoms with Crippen LogP contribution in [0.4, 0.5) is 5.13 Å². The third-order valence-electron chi connectivity index (χ3n) is 5.12. The lowest BCUT2D eigenvalue weighted by molar-refractivity contribution is 0.0735. The van der Waals surface area contributed by atoms with Crippen molar-refractivity contribution in [1.82, 2.24) is 24.6 Å². The SMILES string of the molecule is CCN1CCc2nc(N3CCN(C(=O)c4ccnn4C)CC3)sc2C1. The van der Waals surface area contributed by atoms with Gasteiger partial charge >= 0.3 is 0 Å². The summed E-state index contributed by atoms with van der Waals surface area (Å²) in [5.41, 5.74) is 1.93. The maximum absolute atomic E-state index is 12.6. The number of fused-ring (bicyclic) bond motifs is 1. The Bertz CT molecular complexity index is 761. The zero-order valence-electron chi connectivity index (χ0n) is 14.8. The summed E-state index contributed by atoms with van der Waals surface area (Å²) in [7, 11) is 1.81. The van der Waals surface area contributed by atoms with E-state index in [4.69, 9.17) is 4.98 Å². The first-order valence-corrected chi connectivity index (χ1v) is 9.70. The van der Waals surface area contributed by atoms with Crippen molar-refractivity contribution in [3.05, 3.63) is 28.5 Å². The Hall–Kier alpha value is -1.93. The summed E-state index contributed by atoms with van der Waals surface area (Å²) >= 11 is 1.83. The first kappa shape index (κ1) is 16.5. The fourth-order valence-corrected chi connectivity index (χ4v) is 4.69. The van der Waals surface area contributed by atoms with Gasteiger partial charge in [0.05, 0.1) is 5.69 Å². The maximum atomic E-state index is 12.6. The van der Waals surface area contributed by atoms with Crippen LogP contribution in [0.2, 0.25) is 0 Å². The van der Waals surface area contributed by atoms with Crippen LogP contribution in [0.5, 0.6) is 0 Å². The Morgan fingerprint density at radius 3 is 2.72 bits per heavy atom. The molecule has 0 saturated carbocycles. The lowest BCUT2D eigenvalue weighted by Crippen LogP contribution is -2.49. The summed E-state index contributed by atoms with van der Waals surface area (Å²) < 4.78 is 1.64. The van der Waals surface area contributed by atoms with Gasteiger partial charge in [0.2, 0.25) is 0 Å². The van der Waals surface area contributed by atoms with Gasteiger partial charge < -0.3 is 9.80 Å². The van der Waals surface area contributed by atoms with E-state index in [1.54, 1.807) is 16.9 Å². The fraction of sp³-hybridized carbons (Fsp3) is 0.588. The largest absolute Gasteiger partial charge is 0.345 e. The number of aromatic nitrogens is 3. The molecule has 7 nitrogen and oxygen atoms in total. The van der Waals surface area contributed by atoms with Gasteiger partial charge in [0.1, 0.15) is 5.69 Å². The number of nitrogens with zero attached hydrogens (tertiary/aromatic N) is 6. The molecule has 1 saturated heterocycles. The van der Waals surface area contributed by atoms with E-state index in [1.807, 2.05) is 23.3 Å². The summed E-state index contributed by atoms with van der Waals surface area (Å²) in [6.45, 7) is 8.60. The second-order valence-corrected chi connectivity index (χ2v) is 7.67. The van der Waals surface area contributed by atoms with Crippen LogP contribution in [0, 0.1) is 0 Å². The molecular formula is C17H24N6OS. The van der Waals surface area contributed by atoms with Crippen LogP contribution in [-0.2, 0) is 20.0 Å². The third kappa shape index (κ3) is 3.16. The minimum atomic E-state index is 0.0664. The highest BCUT2D eigenvalue weighted by Gasteiger charge is 2.27. The number of carbonyl (C=O) groups excluding carboxylic acids is 1. The quantitative estimate of drug-likeness (QED) is 0.824. The van der Waals surface area contributed by atoms with Gasteiger partial charge in [-0.3, -0.25) is 14.4 Å². The molecule has 25 heavy (non-hydrogen) atoms. The second-order valence-electron chi connectivity index (χ2n) is 6.60. The smallest absolute Gasteiger partial charge is 0.272 e. The Balaban J connectivity index is 1.40. The summed E-state index contributed by atoms with van der Waals surface area (Å²) in [5.74, 6) is 0.0664. The molecule has 0 bridgehead atoms. The standard InChI is InChI=1S/C17H24N6OS/c1-3-21-7-5-13-15(12-21)25-17(19-13)23-10-8-22(9-11-23)16(24)14-4-6-18-20(14)2/h4,6H,3,5,7-12H2,1-2H3. The predicted molar refractivity (Wildman–Crippen MR) is 98.1 cm³/mol. The predicted octanol–water partition coefficient (Wildman–Crippen LogP) is 1.22. The van der Waals surface area contributed by atoms with Gasteiger partial charge in [0.25, 0.3) is 5.91 Å². The molecule has 0 N–H and O–H groups in total. The molecule has 134 valence electrons. The molecule has 2 aromatic heterocycles. The van der Waals surface area contributed by atoms with E-state index in [0.29, 0.717) is 5.69 Å². The Kier molecular flexibility index (Phi) is 4.47. The minimum absolute atomic E-state index is 0.0664. The van der Waals surface area contributed by atoms with Crippen molar-refractivity contribution in [2.45, 2.75) is 19.9 Å². The average Bonchev–Trinajstić information content (AvgIpc) is 3.26. The molecule has 0 unspecified atom stereocenters. The molecule has 2 aliphatic rings. The summed E-state index contributed by atoms with van der Waals surface area (Å²) in [6, 6.07) is 1.78. The number of anilines is 1. The van der Waals surface area contributed by atoms with Gasteiger partial charge in [-0.25, -0.2) is 4.98 Å². The summed E-state index contributed by atoms with van der Waals surface area (Å²) in [6.07, 6.45) is 2.72. The monoisotopic (exact) mass is 360 g/mol. The van der Waals surface area contributed by atoms with E-state index >= 15 is 0 Å². The molecule has 0 atom stereocenters. The van der Waals surface area contributed by atoms with Crippen molar-refractivity contribution in [3.8, 4) is 0 Å². The van der Waals surface area contributed by atoms with Gasteiger partial charge in [-0.2, -0.15) is 5.10 Å². The number of hydrogen-bond donors (Lipinski definition) is 0. The topological polar surface area (TPSA) is 57.5 Å². The maximum Gasteiger partial charge on any atom is 0.272 e. The number of rotatable bonds is 3. The molecule has 2 aliphatic heterocycles. The number of likely N-dealkylation sites (N-methyl/N-ethyl adjacent to an activating group) is 1. The van der Waals surface area contributed by atoms with Gasteiger partial charge in [-0.05, 0) is 12.6 Å². The van der Waals surface area contributed by atoms with Crippen LogP contribution in [0.3, 0.4) is 0 Å². The van der Waals surface area contributed by atoms with E-state index in [2.05, 4.69) is 21.8 Å². The van der Waals surface area contributed by atoms with Crippen LogP contribution in [0.15, 0.2) is 12.3 Å². The lowest BCUT2D eigenvalue weighted by Gasteiger charge is -2.34. The van der Waals surface area contributed by atoms with Crippen molar-refractivity contribution in [2.24, 2.45) is 7.05 Å². The Morgan fingerprint density at radius 2 is 2.04 bits per heavy atom. The van der Waals surface area contributed by atoms with Crippen LogP contribution in [0.1, 0.15) is 28.0 Å². The molecule has 0 aromatic carbocycles. The fourth-order valence-electron chi connectivity index (χ4n) is 3.49. The summed E-state index contributed by atoms with van der Waals surface area (Å²) in [4.78, 5) is 25.6. The molecule has 0 radical (unpaired) electrons. The van der Waals surface area contributed by atoms with Gasteiger partial charge in [0.15, 0.2) is 5.13 Å². The van der Waals surface area contributed by atoms with Crippen molar-refractivity contribution in [1.29, 1.82) is 0 Å². The highest BCUT2D eigenvalue weighted by molar-refractivity contribution is 7.15. The van der Waals surface area contributed by atoms with Crippen molar-refractivity contribution >= 4 is 22.4 Å². The number of thiazole rings is 1. The van der Waals surface area contributed by atoms with Crippen molar-refractivity contribution in [2.75, 3.05) is 44.2 Å². The van der Waals surface area contributed by atoms with Gasteiger partial charge in [-0.1, -0.05) is 6.92 Å². The number of amides is 1. The van der Waals surface area contributed by atoms with Gasteiger partial charge in [-0.15, -0.1) is 11.3 Å². The first-order chi connectivity index (χ1) is 12.2. The van der Waals surface area contributed by atoms with Crippen molar-refractivity contribution in [3.63, 3.8) is 0 Å². The molecule has 1 fully saturated rings. The van der Waals surface area contributed by atoms with E-state index < -0.39 is 0 Å². The number of piperazine rings is 1. The zero-order valence-corrected chi connectivity index (χ0v) is 15.6. The van der Waals surface area contributed by atoms with E-state index in [9.17, 15) is 4.79 Å². The molecule has 2 aromatic rings. The zero-order chi connectivity index (χ0) is 17.4. The summed E-state index contributed by atoms with van der Waals surface area (Å²) in [5, 5.41) is 5.21. The normalized spacial score (nSPS) is 18.5. The van der Waals surface area contributed by atoms with Gasteiger partial charge in [0, 0.05) is 63.8 Å². The minimum Gasteiger partial charge on any atom is -0.345 e. The Labute approximate surface area is 151 Å². The molecule has 0 aliphatic carbocycles. The van der Waals surface area contributed by atoms with E-state index in [0.717, 1.165) is 57.4 Å². The number of aryl methyl sites for hydroxylation is 1. The highest BCUT2D eigenvalue weighted by atomic mass is 32.1. The number of carbonyl (C=O) groups is 1. The molecule has 8 heteroatoms.